The van der Waals surface area contributed by atoms with E-state index in [9.17, 15) is 0 Å². The molecule has 3 rings (SSSR count). The topological polar surface area (TPSA) is 12.9 Å². The van der Waals surface area contributed by atoms with Crippen molar-refractivity contribution in [3.63, 3.8) is 0 Å². The van der Waals surface area contributed by atoms with Gasteiger partial charge in [-0.15, -0.1) is 0 Å². The molecule has 0 aliphatic carbocycles. The number of aromatic nitrogens is 1. The third-order valence-electron chi connectivity index (χ3n) is 3.88. The van der Waals surface area contributed by atoms with Crippen LogP contribution in [0.5, 0.6) is 0 Å². The van der Waals surface area contributed by atoms with E-state index in [4.69, 9.17) is 0 Å². The summed E-state index contributed by atoms with van der Waals surface area (Å²) in [6.07, 6.45) is 2.97. The molecule has 0 saturated heterocycles. The van der Waals surface area contributed by atoms with Crippen molar-refractivity contribution in [2.24, 2.45) is 0 Å². The molecule has 1 aromatic heterocycles. The molecule has 0 N–H and O–H groups in total. The Kier molecular flexibility index (Phi) is 3.83. The second-order valence-corrected chi connectivity index (χ2v) is 5.30. The van der Waals surface area contributed by atoms with E-state index in [0.717, 1.165) is 12.1 Å². The van der Waals surface area contributed by atoms with Gasteiger partial charge in [0.25, 0.3) is 0 Å². The van der Waals surface area contributed by atoms with Crippen LogP contribution in [0, 0.1) is 6.92 Å². The second-order valence-electron chi connectivity index (χ2n) is 5.30. The zero-order chi connectivity index (χ0) is 14.7. The van der Waals surface area contributed by atoms with Crippen LogP contribution in [0.2, 0.25) is 0 Å². The molecule has 0 fully saturated rings. The van der Waals surface area contributed by atoms with Gasteiger partial charge >= 0.3 is 0 Å². The van der Waals surface area contributed by atoms with Gasteiger partial charge in [0.2, 0.25) is 0 Å². The van der Waals surface area contributed by atoms with Crippen LogP contribution in [0.3, 0.4) is 0 Å². The highest BCUT2D eigenvalue weighted by Crippen LogP contribution is 2.26. The van der Waals surface area contributed by atoms with Crippen LogP contribution in [0.4, 0.5) is 0 Å². The normalized spacial score (nSPS) is 10.6. The predicted octanol–water partition coefficient (Wildman–Crippen LogP) is 5.29. The fourth-order valence-corrected chi connectivity index (χ4v) is 2.55. The second kappa shape index (κ2) is 5.92. The van der Waals surface area contributed by atoms with Gasteiger partial charge in [-0.05, 0) is 47.7 Å². The van der Waals surface area contributed by atoms with E-state index in [1.807, 2.05) is 6.20 Å². The molecule has 1 heterocycles. The van der Waals surface area contributed by atoms with Crippen LogP contribution < -0.4 is 0 Å². The first-order valence-electron chi connectivity index (χ1n) is 7.39. The van der Waals surface area contributed by atoms with Gasteiger partial charge < -0.3 is 0 Å². The first-order valence-corrected chi connectivity index (χ1v) is 7.39. The maximum Gasteiger partial charge on any atom is 0.0710 e. The van der Waals surface area contributed by atoms with Crippen molar-refractivity contribution in [2.45, 2.75) is 20.3 Å². The van der Waals surface area contributed by atoms with Crippen LogP contribution in [-0.4, -0.2) is 4.98 Å². The largest absolute Gasteiger partial charge is 0.256 e. The average molecular weight is 273 g/mol. The standard InChI is InChI=1S/C20H19N/c1-3-16-8-10-17(11-9-16)18-12-13-21-20(14-18)19-7-5-4-6-15(19)2/h4-14H,3H2,1-2H3. The molecule has 0 radical (unpaired) electrons. The van der Waals surface area contributed by atoms with Gasteiger partial charge in [-0.2, -0.15) is 0 Å². The smallest absolute Gasteiger partial charge is 0.0710 e. The van der Waals surface area contributed by atoms with Crippen molar-refractivity contribution in [1.29, 1.82) is 0 Å². The molecule has 0 atom stereocenters. The third kappa shape index (κ3) is 2.87. The Bertz CT molecular complexity index is 742. The molecule has 0 unspecified atom stereocenters. The number of benzene rings is 2. The lowest BCUT2D eigenvalue weighted by atomic mass is 10.00. The molecule has 2 aromatic carbocycles. The van der Waals surface area contributed by atoms with Crippen molar-refractivity contribution in [1.82, 2.24) is 4.98 Å². The molecule has 1 heteroatoms. The maximum absolute atomic E-state index is 4.53. The molecular weight excluding hydrogens is 254 g/mol. The fourth-order valence-electron chi connectivity index (χ4n) is 2.55. The van der Waals surface area contributed by atoms with Crippen LogP contribution >= 0.6 is 0 Å². The van der Waals surface area contributed by atoms with E-state index < -0.39 is 0 Å². The summed E-state index contributed by atoms with van der Waals surface area (Å²) < 4.78 is 0. The number of nitrogens with zero attached hydrogens (tertiary/aromatic N) is 1. The molecule has 104 valence electrons. The molecular formula is C20H19N. The van der Waals surface area contributed by atoms with Gasteiger partial charge in [0.1, 0.15) is 0 Å². The Balaban J connectivity index is 2.02. The monoisotopic (exact) mass is 273 g/mol. The summed E-state index contributed by atoms with van der Waals surface area (Å²) in [4.78, 5) is 4.53. The Morgan fingerprint density at radius 1 is 0.857 bits per heavy atom. The van der Waals surface area contributed by atoms with Gasteiger partial charge in [-0.1, -0.05) is 55.5 Å². The van der Waals surface area contributed by atoms with E-state index in [1.54, 1.807) is 0 Å². The highest BCUT2D eigenvalue weighted by atomic mass is 14.7. The highest BCUT2D eigenvalue weighted by Gasteiger charge is 2.05. The summed E-state index contributed by atoms with van der Waals surface area (Å²) in [6.45, 7) is 4.30. The van der Waals surface area contributed by atoms with Crippen LogP contribution in [-0.2, 0) is 6.42 Å². The molecule has 3 aromatic rings. The van der Waals surface area contributed by atoms with Gasteiger partial charge in [0.15, 0.2) is 0 Å². The average Bonchev–Trinajstić information content (AvgIpc) is 2.55. The molecule has 21 heavy (non-hydrogen) atoms. The van der Waals surface area contributed by atoms with E-state index in [2.05, 4.69) is 79.5 Å². The SMILES string of the molecule is CCc1ccc(-c2ccnc(-c3ccccc3C)c2)cc1. The van der Waals surface area contributed by atoms with Crippen LogP contribution in [0.25, 0.3) is 22.4 Å². The summed E-state index contributed by atoms with van der Waals surface area (Å²) in [5.41, 5.74) is 7.31. The minimum Gasteiger partial charge on any atom is -0.256 e. The van der Waals surface area contributed by atoms with Crippen molar-refractivity contribution in [2.75, 3.05) is 0 Å². The van der Waals surface area contributed by atoms with Crippen molar-refractivity contribution in [3.8, 4) is 22.4 Å². The Labute approximate surface area is 126 Å². The third-order valence-corrected chi connectivity index (χ3v) is 3.88. The molecule has 0 aliphatic rings. The minimum atomic E-state index is 1.03. The summed E-state index contributed by atoms with van der Waals surface area (Å²) >= 11 is 0. The van der Waals surface area contributed by atoms with Gasteiger partial charge in [0, 0.05) is 11.8 Å². The van der Waals surface area contributed by atoms with E-state index in [-0.39, 0.29) is 0 Å². The van der Waals surface area contributed by atoms with E-state index in [1.165, 1.54) is 27.8 Å². The number of hydrogen-bond donors (Lipinski definition) is 0. The van der Waals surface area contributed by atoms with E-state index in [0.29, 0.717) is 0 Å². The number of hydrogen-bond acceptors (Lipinski definition) is 1. The van der Waals surface area contributed by atoms with Crippen molar-refractivity contribution in [3.05, 3.63) is 78.0 Å². The Hall–Kier alpha value is -2.41. The van der Waals surface area contributed by atoms with Crippen molar-refractivity contribution >= 4 is 0 Å². The lowest BCUT2D eigenvalue weighted by Crippen LogP contribution is -1.88. The fraction of sp³-hybridized carbons (Fsp3) is 0.150. The first kappa shape index (κ1) is 13.6. The van der Waals surface area contributed by atoms with Crippen molar-refractivity contribution < 1.29 is 0 Å². The first-order chi connectivity index (χ1) is 10.3. The van der Waals surface area contributed by atoms with Gasteiger partial charge in [-0.25, -0.2) is 0 Å². The molecule has 0 bridgehead atoms. The van der Waals surface area contributed by atoms with Gasteiger partial charge in [0.05, 0.1) is 5.69 Å². The summed E-state index contributed by atoms with van der Waals surface area (Å²) in [5, 5.41) is 0. The van der Waals surface area contributed by atoms with Crippen LogP contribution in [0.15, 0.2) is 66.9 Å². The van der Waals surface area contributed by atoms with Crippen LogP contribution in [0.1, 0.15) is 18.1 Å². The zero-order valence-corrected chi connectivity index (χ0v) is 12.5. The highest BCUT2D eigenvalue weighted by molar-refractivity contribution is 5.71. The zero-order valence-electron chi connectivity index (χ0n) is 12.5. The Morgan fingerprint density at radius 3 is 2.33 bits per heavy atom. The predicted molar refractivity (Wildman–Crippen MR) is 89.2 cm³/mol. The van der Waals surface area contributed by atoms with Gasteiger partial charge in [-0.3, -0.25) is 4.98 Å². The van der Waals surface area contributed by atoms with E-state index >= 15 is 0 Å². The quantitative estimate of drug-likeness (QED) is 0.632. The molecule has 0 amide bonds. The molecule has 0 spiro atoms. The Morgan fingerprint density at radius 2 is 1.62 bits per heavy atom. The summed E-state index contributed by atoms with van der Waals surface area (Å²) in [5.74, 6) is 0. The number of aryl methyl sites for hydroxylation is 2. The lowest BCUT2D eigenvalue weighted by molar-refractivity contribution is 1.14. The number of pyridine rings is 1. The molecule has 0 saturated carbocycles. The minimum absolute atomic E-state index is 1.03. The summed E-state index contributed by atoms with van der Waals surface area (Å²) in [6, 6.07) is 21.4. The molecule has 1 nitrogen and oxygen atoms in total. The summed E-state index contributed by atoms with van der Waals surface area (Å²) in [7, 11) is 0. The lowest BCUT2D eigenvalue weighted by Gasteiger charge is -2.08. The maximum atomic E-state index is 4.53. The molecule has 0 aliphatic heterocycles. The number of rotatable bonds is 3.